The summed E-state index contributed by atoms with van der Waals surface area (Å²) in [6, 6.07) is 13.0. The number of benzene rings is 2. The first-order valence-electron chi connectivity index (χ1n) is 8.42. The number of nitrogens with zero attached hydrogens (tertiary/aromatic N) is 2. The van der Waals surface area contributed by atoms with Crippen LogP contribution in [0.15, 0.2) is 48.5 Å². The molecule has 0 saturated carbocycles. The number of halogens is 1. The SMILES string of the molecule is CN(C)c1ccc(NC(=O)CCN(Cc2ccc(F)cc2)S(C)(=O)=O)cc1. The number of carbonyl (C=O) groups is 1. The lowest BCUT2D eigenvalue weighted by atomic mass is 10.2. The standard InChI is InChI=1S/C19H24FN3O3S/c1-22(2)18-10-8-17(9-11-18)21-19(24)12-13-23(27(3,25)26)14-15-4-6-16(20)7-5-15/h4-11H,12-14H2,1-3H3,(H,21,24). The maximum absolute atomic E-state index is 13.0. The Kier molecular flexibility index (Phi) is 6.92. The molecule has 2 aromatic carbocycles. The second-order valence-electron chi connectivity index (χ2n) is 6.46. The third-order valence-electron chi connectivity index (χ3n) is 4.00. The summed E-state index contributed by atoms with van der Waals surface area (Å²) in [5.74, 6) is -0.662. The predicted octanol–water partition coefficient (Wildman–Crippen LogP) is 2.68. The fraction of sp³-hybridized carbons (Fsp3) is 0.316. The highest BCUT2D eigenvalue weighted by molar-refractivity contribution is 7.88. The molecule has 0 aliphatic rings. The Morgan fingerprint density at radius 2 is 1.63 bits per heavy atom. The Hall–Kier alpha value is -2.45. The first-order chi connectivity index (χ1) is 12.6. The van der Waals surface area contributed by atoms with Crippen LogP contribution in [0.4, 0.5) is 15.8 Å². The van der Waals surface area contributed by atoms with Crippen LogP contribution < -0.4 is 10.2 Å². The monoisotopic (exact) mass is 393 g/mol. The van der Waals surface area contributed by atoms with Crippen molar-refractivity contribution in [2.75, 3.05) is 37.1 Å². The molecular formula is C19H24FN3O3S. The van der Waals surface area contributed by atoms with Crippen molar-refractivity contribution in [1.29, 1.82) is 0 Å². The molecule has 0 aliphatic heterocycles. The Bertz CT molecular complexity index is 866. The lowest BCUT2D eigenvalue weighted by Crippen LogP contribution is -2.32. The summed E-state index contributed by atoms with van der Waals surface area (Å²) in [7, 11) is 0.347. The smallest absolute Gasteiger partial charge is 0.225 e. The molecule has 6 nitrogen and oxygen atoms in total. The topological polar surface area (TPSA) is 69.7 Å². The van der Waals surface area contributed by atoms with Crippen LogP contribution in [0, 0.1) is 5.82 Å². The fourth-order valence-corrected chi connectivity index (χ4v) is 3.25. The predicted molar refractivity (Wildman–Crippen MR) is 106 cm³/mol. The number of sulfonamides is 1. The zero-order valence-electron chi connectivity index (χ0n) is 15.6. The summed E-state index contributed by atoms with van der Waals surface area (Å²) in [6.45, 7) is 0.127. The van der Waals surface area contributed by atoms with Crippen LogP contribution in [-0.2, 0) is 21.4 Å². The van der Waals surface area contributed by atoms with Crippen LogP contribution in [0.25, 0.3) is 0 Å². The van der Waals surface area contributed by atoms with Gasteiger partial charge in [0.05, 0.1) is 6.26 Å². The Balaban J connectivity index is 1.95. The normalized spacial score (nSPS) is 11.4. The number of amides is 1. The van der Waals surface area contributed by atoms with Crippen molar-refractivity contribution >= 4 is 27.3 Å². The number of hydrogen-bond acceptors (Lipinski definition) is 4. The zero-order valence-corrected chi connectivity index (χ0v) is 16.5. The van der Waals surface area contributed by atoms with E-state index in [1.807, 2.05) is 31.1 Å². The largest absolute Gasteiger partial charge is 0.378 e. The lowest BCUT2D eigenvalue weighted by Gasteiger charge is -2.20. The Morgan fingerprint density at radius 1 is 1.04 bits per heavy atom. The van der Waals surface area contributed by atoms with E-state index in [0.717, 1.165) is 11.9 Å². The number of hydrogen-bond donors (Lipinski definition) is 1. The van der Waals surface area contributed by atoms with Crippen LogP contribution in [0.1, 0.15) is 12.0 Å². The van der Waals surface area contributed by atoms with Gasteiger partial charge in [0.1, 0.15) is 5.82 Å². The van der Waals surface area contributed by atoms with Crippen LogP contribution >= 0.6 is 0 Å². The molecule has 2 rings (SSSR count). The van der Waals surface area contributed by atoms with E-state index in [0.29, 0.717) is 11.3 Å². The van der Waals surface area contributed by atoms with Gasteiger partial charge in [0.25, 0.3) is 0 Å². The first kappa shape index (κ1) is 20.9. The van der Waals surface area contributed by atoms with Gasteiger partial charge in [-0.1, -0.05) is 12.1 Å². The van der Waals surface area contributed by atoms with Crippen LogP contribution in [-0.4, -0.2) is 45.5 Å². The minimum Gasteiger partial charge on any atom is -0.378 e. The number of rotatable bonds is 8. The second-order valence-corrected chi connectivity index (χ2v) is 8.44. The molecule has 0 atom stereocenters. The van der Waals surface area contributed by atoms with E-state index in [1.54, 1.807) is 12.1 Å². The minimum absolute atomic E-state index is 0.0176. The van der Waals surface area contributed by atoms with Gasteiger partial charge in [-0.05, 0) is 42.0 Å². The van der Waals surface area contributed by atoms with Gasteiger partial charge in [-0.25, -0.2) is 12.8 Å². The average Bonchev–Trinajstić information content (AvgIpc) is 2.59. The molecule has 0 aliphatic carbocycles. The molecule has 27 heavy (non-hydrogen) atoms. The van der Waals surface area contributed by atoms with Crippen LogP contribution in [0.5, 0.6) is 0 Å². The average molecular weight is 393 g/mol. The minimum atomic E-state index is -3.50. The summed E-state index contributed by atoms with van der Waals surface area (Å²) in [5, 5.41) is 2.76. The zero-order chi connectivity index (χ0) is 20.0. The third kappa shape index (κ3) is 6.65. The Morgan fingerprint density at radius 3 is 2.15 bits per heavy atom. The molecule has 1 amide bonds. The van der Waals surface area contributed by atoms with Crippen molar-refractivity contribution in [2.45, 2.75) is 13.0 Å². The van der Waals surface area contributed by atoms with Gasteiger partial charge in [-0.2, -0.15) is 4.31 Å². The van der Waals surface area contributed by atoms with E-state index in [2.05, 4.69) is 5.32 Å². The first-order valence-corrected chi connectivity index (χ1v) is 10.3. The highest BCUT2D eigenvalue weighted by Crippen LogP contribution is 2.16. The molecule has 146 valence electrons. The van der Waals surface area contributed by atoms with Crippen molar-refractivity contribution in [2.24, 2.45) is 0 Å². The molecule has 0 aromatic heterocycles. The Labute approximate surface area is 159 Å². The van der Waals surface area contributed by atoms with Crippen molar-refractivity contribution in [3.63, 3.8) is 0 Å². The molecule has 8 heteroatoms. The van der Waals surface area contributed by atoms with Crippen LogP contribution in [0.2, 0.25) is 0 Å². The van der Waals surface area contributed by atoms with Crippen molar-refractivity contribution in [3.8, 4) is 0 Å². The maximum Gasteiger partial charge on any atom is 0.225 e. The van der Waals surface area contributed by atoms with E-state index in [-0.39, 0.29) is 31.2 Å². The van der Waals surface area contributed by atoms with E-state index in [4.69, 9.17) is 0 Å². The van der Waals surface area contributed by atoms with Crippen LogP contribution in [0.3, 0.4) is 0 Å². The highest BCUT2D eigenvalue weighted by Gasteiger charge is 2.18. The van der Waals surface area contributed by atoms with E-state index < -0.39 is 10.0 Å². The van der Waals surface area contributed by atoms with Gasteiger partial charge < -0.3 is 10.2 Å². The summed E-state index contributed by atoms with van der Waals surface area (Å²) in [4.78, 5) is 14.1. The summed E-state index contributed by atoms with van der Waals surface area (Å²) in [6.07, 6.45) is 1.11. The van der Waals surface area contributed by atoms with Gasteiger partial charge >= 0.3 is 0 Å². The lowest BCUT2D eigenvalue weighted by molar-refractivity contribution is -0.116. The fourth-order valence-electron chi connectivity index (χ4n) is 2.45. The van der Waals surface area contributed by atoms with Crippen molar-refractivity contribution < 1.29 is 17.6 Å². The molecule has 0 bridgehead atoms. The highest BCUT2D eigenvalue weighted by atomic mass is 32.2. The maximum atomic E-state index is 13.0. The third-order valence-corrected chi connectivity index (χ3v) is 5.25. The van der Waals surface area contributed by atoms with Crippen molar-refractivity contribution in [1.82, 2.24) is 4.31 Å². The second kappa shape index (κ2) is 8.96. The van der Waals surface area contributed by atoms with E-state index >= 15 is 0 Å². The summed E-state index contributed by atoms with van der Waals surface area (Å²) in [5.41, 5.74) is 2.31. The molecule has 0 spiro atoms. The van der Waals surface area contributed by atoms with Crippen molar-refractivity contribution in [3.05, 3.63) is 59.9 Å². The molecule has 0 unspecified atom stereocenters. The number of carbonyl (C=O) groups excluding carboxylic acids is 1. The quantitative estimate of drug-likeness (QED) is 0.749. The van der Waals surface area contributed by atoms with Gasteiger partial charge in [-0.3, -0.25) is 4.79 Å². The van der Waals surface area contributed by atoms with E-state index in [1.165, 1.54) is 28.6 Å². The van der Waals surface area contributed by atoms with Gasteiger partial charge in [0.2, 0.25) is 15.9 Å². The molecule has 0 fully saturated rings. The molecule has 0 heterocycles. The molecule has 0 saturated heterocycles. The molecule has 0 radical (unpaired) electrons. The van der Waals surface area contributed by atoms with Gasteiger partial charge in [0.15, 0.2) is 0 Å². The summed E-state index contributed by atoms with van der Waals surface area (Å²) < 4.78 is 38.2. The van der Waals surface area contributed by atoms with E-state index in [9.17, 15) is 17.6 Å². The molecule has 2 aromatic rings. The van der Waals surface area contributed by atoms with Gasteiger partial charge in [0, 0.05) is 45.0 Å². The number of anilines is 2. The summed E-state index contributed by atoms with van der Waals surface area (Å²) >= 11 is 0. The molecule has 1 N–H and O–H groups in total. The van der Waals surface area contributed by atoms with Gasteiger partial charge in [-0.15, -0.1) is 0 Å². The number of nitrogens with one attached hydrogen (secondary N) is 1. The molecular weight excluding hydrogens is 369 g/mol.